The quantitative estimate of drug-likeness (QED) is 0.495. The fourth-order valence-electron chi connectivity index (χ4n) is 2.42. The third-order valence-corrected chi connectivity index (χ3v) is 4.29. The van der Waals surface area contributed by atoms with Gasteiger partial charge in [0.15, 0.2) is 6.61 Å². The van der Waals surface area contributed by atoms with Gasteiger partial charge in [0.1, 0.15) is 11.3 Å². The minimum atomic E-state index is -0.907. The topological polar surface area (TPSA) is 114 Å². The molecule has 0 aliphatic carbocycles. The zero-order valence-corrected chi connectivity index (χ0v) is 16.1. The van der Waals surface area contributed by atoms with E-state index >= 15 is 0 Å². The lowest BCUT2D eigenvalue weighted by Gasteiger charge is -2.15. The third-order valence-electron chi connectivity index (χ3n) is 3.72. The van der Waals surface area contributed by atoms with Gasteiger partial charge in [0.05, 0.1) is 10.7 Å². The van der Waals surface area contributed by atoms with E-state index < -0.39 is 23.8 Å². The summed E-state index contributed by atoms with van der Waals surface area (Å²) in [7, 11) is 0. The molecule has 0 atom stereocenters. The number of benzene rings is 2. The van der Waals surface area contributed by atoms with Crippen molar-refractivity contribution < 1.29 is 23.9 Å². The van der Waals surface area contributed by atoms with E-state index in [9.17, 15) is 19.2 Å². The maximum Gasteiger partial charge on any atom is 0.328 e. The van der Waals surface area contributed by atoms with Crippen LogP contribution in [0.15, 0.2) is 48.0 Å². The second kappa shape index (κ2) is 8.76. The molecule has 10 heteroatoms. The Labute approximate surface area is 174 Å². The number of halogens is 2. The fourth-order valence-corrected chi connectivity index (χ4v) is 2.78. The summed E-state index contributed by atoms with van der Waals surface area (Å²) < 4.78 is 5.51. The normalized spacial score (nSPS) is 13.4. The number of hydrogen-bond acceptors (Lipinski definition) is 5. The summed E-state index contributed by atoms with van der Waals surface area (Å²) in [6.07, 6.45) is 1.21. The Morgan fingerprint density at radius 3 is 2.41 bits per heavy atom. The molecule has 0 unspecified atom stereocenters. The summed E-state index contributed by atoms with van der Waals surface area (Å²) in [5, 5.41) is 7.24. The van der Waals surface area contributed by atoms with E-state index in [0.29, 0.717) is 15.7 Å². The molecular formula is C19H13Cl2N3O5. The lowest BCUT2D eigenvalue weighted by molar-refractivity contribution is -0.124. The summed E-state index contributed by atoms with van der Waals surface area (Å²) in [6, 6.07) is 10.3. The van der Waals surface area contributed by atoms with E-state index in [0.717, 1.165) is 0 Å². The first-order valence-electron chi connectivity index (χ1n) is 8.18. The molecule has 0 radical (unpaired) electrons. The number of hydrogen-bond donors (Lipinski definition) is 3. The number of carbonyl (C=O) groups excluding carboxylic acids is 4. The smallest absolute Gasteiger partial charge is 0.328 e. The molecule has 3 N–H and O–H groups in total. The van der Waals surface area contributed by atoms with Crippen LogP contribution in [-0.2, 0) is 14.4 Å². The SMILES string of the molecule is O=C(COc1ccc(Cl)cc1C=C1C(=O)NC(=O)NC1=O)Nc1ccccc1Cl. The highest BCUT2D eigenvalue weighted by Gasteiger charge is 2.28. The lowest BCUT2D eigenvalue weighted by atomic mass is 10.1. The standard InChI is InChI=1S/C19H13Cl2N3O5/c20-11-5-6-15(29-9-16(25)22-14-4-2-1-3-13(14)21)10(7-11)8-12-17(26)23-19(28)24-18(12)27/h1-8H,9H2,(H,22,25)(H2,23,24,26,27,28). The van der Waals surface area contributed by atoms with Gasteiger partial charge in [0.2, 0.25) is 0 Å². The van der Waals surface area contributed by atoms with Crippen molar-refractivity contribution in [1.29, 1.82) is 0 Å². The zero-order chi connectivity index (χ0) is 21.0. The van der Waals surface area contributed by atoms with E-state index in [2.05, 4.69) is 5.32 Å². The van der Waals surface area contributed by atoms with Gasteiger partial charge in [-0.25, -0.2) is 4.79 Å². The van der Waals surface area contributed by atoms with Crippen LogP contribution in [-0.4, -0.2) is 30.4 Å². The first-order valence-corrected chi connectivity index (χ1v) is 8.94. The number of amides is 5. The second-order valence-corrected chi connectivity index (χ2v) is 6.64. The number of para-hydroxylation sites is 1. The Bertz CT molecular complexity index is 1030. The van der Waals surface area contributed by atoms with Crippen molar-refractivity contribution in [3.63, 3.8) is 0 Å². The van der Waals surface area contributed by atoms with Crippen LogP contribution in [0.5, 0.6) is 5.75 Å². The van der Waals surface area contributed by atoms with Gasteiger partial charge in [-0.05, 0) is 36.4 Å². The minimum absolute atomic E-state index is 0.203. The second-order valence-electron chi connectivity index (χ2n) is 5.79. The molecule has 5 amide bonds. The maximum absolute atomic E-state index is 12.1. The van der Waals surface area contributed by atoms with Gasteiger partial charge >= 0.3 is 6.03 Å². The Hall–Kier alpha value is -3.36. The van der Waals surface area contributed by atoms with Crippen molar-refractivity contribution >= 4 is 58.7 Å². The van der Waals surface area contributed by atoms with Gasteiger partial charge in [-0.3, -0.25) is 25.0 Å². The highest BCUT2D eigenvalue weighted by molar-refractivity contribution is 6.34. The predicted octanol–water partition coefficient (Wildman–Crippen LogP) is 2.76. The molecule has 3 rings (SSSR count). The van der Waals surface area contributed by atoms with E-state index in [1.54, 1.807) is 24.3 Å². The average molecular weight is 434 g/mol. The number of imide groups is 2. The van der Waals surface area contributed by atoms with E-state index in [1.165, 1.54) is 24.3 Å². The summed E-state index contributed by atoms with van der Waals surface area (Å²) in [5.41, 5.74) is 0.399. The number of nitrogens with one attached hydrogen (secondary N) is 3. The summed E-state index contributed by atoms with van der Waals surface area (Å²) >= 11 is 12.0. The molecule has 2 aromatic carbocycles. The lowest BCUT2D eigenvalue weighted by Crippen LogP contribution is -2.51. The Kier molecular flexibility index (Phi) is 6.16. The van der Waals surface area contributed by atoms with Crippen LogP contribution in [0.3, 0.4) is 0 Å². The number of carbonyl (C=O) groups is 4. The van der Waals surface area contributed by atoms with Gasteiger partial charge < -0.3 is 10.1 Å². The molecule has 0 saturated carbocycles. The van der Waals surface area contributed by atoms with Crippen molar-refractivity contribution in [2.45, 2.75) is 0 Å². The van der Waals surface area contributed by atoms with Crippen molar-refractivity contribution in [2.24, 2.45) is 0 Å². The number of barbiturate groups is 1. The number of ether oxygens (including phenoxy) is 1. The fraction of sp³-hybridized carbons (Fsp3) is 0.0526. The number of anilines is 1. The van der Waals surface area contributed by atoms with Crippen LogP contribution in [0.1, 0.15) is 5.56 Å². The van der Waals surface area contributed by atoms with Crippen molar-refractivity contribution in [3.05, 3.63) is 63.6 Å². The summed E-state index contributed by atoms with van der Waals surface area (Å²) in [5.74, 6) is -1.98. The highest BCUT2D eigenvalue weighted by Crippen LogP contribution is 2.26. The molecule has 0 bridgehead atoms. The third kappa shape index (κ3) is 5.13. The van der Waals surface area contributed by atoms with Crippen LogP contribution < -0.4 is 20.7 Å². The monoisotopic (exact) mass is 433 g/mol. The molecule has 29 heavy (non-hydrogen) atoms. The van der Waals surface area contributed by atoms with E-state index in [1.807, 2.05) is 10.6 Å². The van der Waals surface area contributed by atoms with Crippen LogP contribution in [0, 0.1) is 0 Å². The highest BCUT2D eigenvalue weighted by atomic mass is 35.5. The summed E-state index contributed by atoms with van der Waals surface area (Å²) in [6.45, 7) is -0.361. The molecule has 0 spiro atoms. The van der Waals surface area contributed by atoms with E-state index in [4.69, 9.17) is 27.9 Å². The van der Waals surface area contributed by atoms with Gasteiger partial charge in [-0.1, -0.05) is 35.3 Å². The van der Waals surface area contributed by atoms with Crippen molar-refractivity contribution in [2.75, 3.05) is 11.9 Å². The molecule has 1 aliphatic heterocycles. The molecule has 1 saturated heterocycles. The molecule has 1 heterocycles. The van der Waals surface area contributed by atoms with Gasteiger partial charge in [-0.2, -0.15) is 0 Å². The van der Waals surface area contributed by atoms with Crippen LogP contribution in [0.4, 0.5) is 10.5 Å². The molecule has 1 fully saturated rings. The minimum Gasteiger partial charge on any atom is -0.483 e. The van der Waals surface area contributed by atoms with Crippen LogP contribution in [0.25, 0.3) is 6.08 Å². The number of urea groups is 1. The van der Waals surface area contributed by atoms with E-state index in [-0.39, 0.29) is 23.5 Å². The molecule has 2 aromatic rings. The van der Waals surface area contributed by atoms with Crippen molar-refractivity contribution in [3.8, 4) is 5.75 Å². The molecule has 0 aromatic heterocycles. The Morgan fingerprint density at radius 2 is 1.72 bits per heavy atom. The van der Waals surface area contributed by atoms with Gasteiger partial charge in [0.25, 0.3) is 17.7 Å². The van der Waals surface area contributed by atoms with Gasteiger partial charge in [0, 0.05) is 10.6 Å². The zero-order valence-electron chi connectivity index (χ0n) is 14.6. The van der Waals surface area contributed by atoms with Gasteiger partial charge in [-0.15, -0.1) is 0 Å². The largest absolute Gasteiger partial charge is 0.483 e. The predicted molar refractivity (Wildman–Crippen MR) is 107 cm³/mol. The molecule has 1 aliphatic rings. The first kappa shape index (κ1) is 20.4. The van der Waals surface area contributed by atoms with Crippen LogP contribution in [0.2, 0.25) is 10.0 Å². The number of rotatable bonds is 5. The Morgan fingerprint density at radius 1 is 1.03 bits per heavy atom. The maximum atomic E-state index is 12.1. The molecular weight excluding hydrogens is 421 g/mol. The average Bonchev–Trinajstić information content (AvgIpc) is 2.66. The Balaban J connectivity index is 1.77. The summed E-state index contributed by atoms with van der Waals surface area (Å²) in [4.78, 5) is 47.1. The molecule has 8 nitrogen and oxygen atoms in total. The molecule has 148 valence electrons. The first-order chi connectivity index (χ1) is 13.8. The van der Waals surface area contributed by atoms with Crippen LogP contribution >= 0.6 is 23.2 Å². The van der Waals surface area contributed by atoms with Crippen molar-refractivity contribution in [1.82, 2.24) is 10.6 Å².